The molecule has 0 saturated heterocycles. The third-order valence-corrected chi connectivity index (χ3v) is 4.23. The summed E-state index contributed by atoms with van der Waals surface area (Å²) in [6, 6.07) is 1.57. The van der Waals surface area contributed by atoms with E-state index in [-0.39, 0.29) is 12.3 Å². The molecule has 1 N–H and O–H groups in total. The summed E-state index contributed by atoms with van der Waals surface area (Å²) >= 11 is 6.87. The van der Waals surface area contributed by atoms with Gasteiger partial charge in [0.05, 0.1) is 10.9 Å². The fraction of sp³-hybridized carbons (Fsp3) is 0.167. The molecule has 0 amide bonds. The lowest BCUT2D eigenvalue weighted by Gasteiger charge is -2.09. The first-order chi connectivity index (χ1) is 5.68. The number of ketones is 1. The van der Waals surface area contributed by atoms with Crippen molar-refractivity contribution >= 4 is 39.7 Å². The third-order valence-electron chi connectivity index (χ3n) is 1.50. The third kappa shape index (κ3) is 1.22. The van der Waals surface area contributed by atoms with Crippen LogP contribution in [0.4, 0.5) is 0 Å². The summed E-state index contributed by atoms with van der Waals surface area (Å²) in [5, 5.41) is 0. The number of hydrogen-bond donors (Lipinski definition) is 1. The van der Waals surface area contributed by atoms with Crippen LogP contribution in [0, 0.1) is 0 Å². The Labute approximate surface area is 80.3 Å². The zero-order valence-electron chi connectivity index (χ0n) is 5.80. The van der Waals surface area contributed by atoms with Gasteiger partial charge in [0.25, 0.3) is 0 Å². The van der Waals surface area contributed by atoms with Gasteiger partial charge in [-0.15, -0.1) is 11.3 Å². The topological polar surface area (TPSA) is 46.2 Å². The van der Waals surface area contributed by atoms with Crippen LogP contribution >= 0.6 is 22.9 Å². The van der Waals surface area contributed by atoms with Crippen LogP contribution < -0.4 is 4.72 Å². The van der Waals surface area contributed by atoms with Crippen molar-refractivity contribution < 1.29 is 9.00 Å². The number of fused-ring (bicyclic) bond motifs is 1. The smallest absolute Gasteiger partial charge is 0.179 e. The zero-order valence-corrected chi connectivity index (χ0v) is 8.18. The van der Waals surface area contributed by atoms with Gasteiger partial charge in [-0.1, -0.05) is 11.6 Å². The van der Waals surface area contributed by atoms with Gasteiger partial charge in [-0.05, 0) is 6.07 Å². The van der Waals surface area contributed by atoms with E-state index in [9.17, 15) is 9.00 Å². The summed E-state index contributed by atoms with van der Waals surface area (Å²) < 4.78 is 14.9. The standard InChI is InChI=1S/C6H4ClNO2S2/c7-5-1-3-4(9)2-8-12(10)6(3)11-5/h1,8H,2H2. The molecular formula is C6H4ClNO2S2. The van der Waals surface area contributed by atoms with E-state index in [0.717, 1.165) is 0 Å². The Hall–Kier alpha value is -0.230. The van der Waals surface area contributed by atoms with Gasteiger partial charge in [-0.25, -0.2) is 8.93 Å². The minimum Gasteiger partial charge on any atom is -0.293 e. The summed E-state index contributed by atoms with van der Waals surface area (Å²) in [4.78, 5) is 11.2. The Morgan fingerprint density at radius 3 is 3.08 bits per heavy atom. The Balaban J connectivity index is 2.61. The highest BCUT2D eigenvalue weighted by atomic mass is 35.5. The maximum Gasteiger partial charge on any atom is 0.179 e. The van der Waals surface area contributed by atoms with Gasteiger partial charge in [0.15, 0.2) is 5.78 Å². The van der Waals surface area contributed by atoms with Crippen molar-refractivity contribution in [3.05, 3.63) is 16.0 Å². The van der Waals surface area contributed by atoms with Gasteiger partial charge in [-0.2, -0.15) is 0 Å². The van der Waals surface area contributed by atoms with Crippen molar-refractivity contribution in [3.8, 4) is 0 Å². The van der Waals surface area contributed by atoms with Crippen molar-refractivity contribution in [2.24, 2.45) is 0 Å². The second-order valence-corrected chi connectivity index (χ2v) is 5.44. The number of hydrogen-bond acceptors (Lipinski definition) is 3. The molecule has 1 aromatic heterocycles. The SMILES string of the molecule is O=C1CNS(=O)c2sc(Cl)cc21. The van der Waals surface area contributed by atoms with Crippen molar-refractivity contribution in [1.29, 1.82) is 0 Å². The first-order valence-corrected chi connectivity index (χ1v) is 5.51. The molecule has 0 radical (unpaired) electrons. The van der Waals surface area contributed by atoms with Gasteiger partial charge in [0.1, 0.15) is 15.2 Å². The Morgan fingerprint density at radius 1 is 1.67 bits per heavy atom. The molecule has 1 atom stereocenters. The van der Waals surface area contributed by atoms with Crippen LogP contribution in [0.15, 0.2) is 10.3 Å². The van der Waals surface area contributed by atoms with Crippen molar-refractivity contribution in [2.75, 3.05) is 6.54 Å². The number of carbonyl (C=O) groups excluding carboxylic acids is 1. The number of thiophene rings is 1. The predicted molar refractivity (Wildman–Crippen MR) is 48.1 cm³/mol. The van der Waals surface area contributed by atoms with E-state index in [1.54, 1.807) is 6.07 Å². The van der Waals surface area contributed by atoms with Crippen molar-refractivity contribution in [1.82, 2.24) is 4.72 Å². The van der Waals surface area contributed by atoms with Crippen LogP contribution in [-0.2, 0) is 11.0 Å². The molecule has 64 valence electrons. The monoisotopic (exact) mass is 221 g/mol. The van der Waals surface area contributed by atoms with E-state index in [0.29, 0.717) is 14.1 Å². The molecule has 1 aliphatic rings. The van der Waals surface area contributed by atoms with Crippen molar-refractivity contribution in [3.63, 3.8) is 0 Å². The van der Waals surface area contributed by atoms with E-state index in [4.69, 9.17) is 11.6 Å². The lowest BCUT2D eigenvalue weighted by atomic mass is 10.2. The highest BCUT2D eigenvalue weighted by Gasteiger charge is 2.24. The fourth-order valence-corrected chi connectivity index (χ4v) is 3.60. The van der Waals surface area contributed by atoms with E-state index in [1.807, 2.05) is 0 Å². The second-order valence-electron chi connectivity index (χ2n) is 2.26. The van der Waals surface area contributed by atoms with E-state index in [2.05, 4.69) is 4.72 Å². The Kier molecular flexibility index (Phi) is 2.04. The molecule has 6 heteroatoms. The number of nitrogens with one attached hydrogen (secondary N) is 1. The average Bonchev–Trinajstić information content (AvgIpc) is 2.41. The molecule has 0 bridgehead atoms. The summed E-state index contributed by atoms with van der Waals surface area (Å²) in [5.41, 5.74) is 0.502. The second kappa shape index (κ2) is 2.92. The van der Waals surface area contributed by atoms with E-state index < -0.39 is 11.0 Å². The van der Waals surface area contributed by atoms with Gasteiger partial charge in [0, 0.05) is 5.56 Å². The number of halogens is 1. The quantitative estimate of drug-likeness (QED) is 0.716. The van der Waals surface area contributed by atoms with Crippen LogP contribution in [0.2, 0.25) is 4.34 Å². The van der Waals surface area contributed by atoms with Crippen LogP contribution in [-0.4, -0.2) is 16.5 Å². The maximum atomic E-state index is 11.2. The first-order valence-electron chi connectivity index (χ1n) is 3.16. The minimum absolute atomic E-state index is 0.0484. The van der Waals surface area contributed by atoms with E-state index in [1.165, 1.54) is 11.3 Å². The average molecular weight is 222 g/mol. The maximum absolute atomic E-state index is 11.2. The molecule has 1 aliphatic heterocycles. The number of carbonyl (C=O) groups is 1. The highest BCUT2D eigenvalue weighted by Crippen LogP contribution is 2.30. The predicted octanol–water partition coefficient (Wildman–Crippen LogP) is 1.21. The lowest BCUT2D eigenvalue weighted by Crippen LogP contribution is -2.30. The minimum atomic E-state index is -1.25. The molecular weight excluding hydrogens is 218 g/mol. The van der Waals surface area contributed by atoms with Gasteiger partial charge < -0.3 is 0 Å². The molecule has 2 rings (SSSR count). The normalized spacial score (nSPS) is 22.4. The van der Waals surface area contributed by atoms with Crippen LogP contribution in [0.1, 0.15) is 10.4 Å². The van der Waals surface area contributed by atoms with Gasteiger partial charge in [0.2, 0.25) is 0 Å². The lowest BCUT2D eigenvalue weighted by molar-refractivity contribution is 0.0993. The Morgan fingerprint density at radius 2 is 2.42 bits per heavy atom. The number of rotatable bonds is 0. The molecule has 12 heavy (non-hydrogen) atoms. The fourth-order valence-electron chi connectivity index (χ4n) is 0.969. The summed E-state index contributed by atoms with van der Waals surface area (Å²) in [7, 11) is -1.25. The van der Waals surface area contributed by atoms with Crippen molar-refractivity contribution in [2.45, 2.75) is 4.21 Å². The summed E-state index contributed by atoms with van der Waals surface area (Å²) in [6.45, 7) is 0.132. The molecule has 1 unspecified atom stereocenters. The molecule has 0 fully saturated rings. The van der Waals surface area contributed by atoms with Gasteiger partial charge >= 0.3 is 0 Å². The highest BCUT2D eigenvalue weighted by molar-refractivity contribution is 7.85. The molecule has 0 aliphatic carbocycles. The van der Waals surface area contributed by atoms with Crippen LogP contribution in [0.3, 0.4) is 0 Å². The molecule has 0 aromatic carbocycles. The van der Waals surface area contributed by atoms with Crippen LogP contribution in [0.5, 0.6) is 0 Å². The molecule has 0 spiro atoms. The van der Waals surface area contributed by atoms with Crippen LogP contribution in [0.25, 0.3) is 0 Å². The first kappa shape index (κ1) is 8.37. The largest absolute Gasteiger partial charge is 0.293 e. The number of Topliss-reactive ketones (excluding diaryl/α,β-unsaturated/α-hetero) is 1. The summed E-state index contributed by atoms with van der Waals surface area (Å²) in [5.74, 6) is -0.0484. The van der Waals surface area contributed by atoms with Gasteiger partial charge in [-0.3, -0.25) is 4.79 Å². The molecule has 3 nitrogen and oxygen atoms in total. The Bertz CT molecular complexity index is 340. The molecule has 0 saturated carbocycles. The zero-order chi connectivity index (χ0) is 8.72. The summed E-state index contributed by atoms with van der Waals surface area (Å²) in [6.07, 6.45) is 0. The molecule has 1 aromatic rings. The molecule has 2 heterocycles. The van der Waals surface area contributed by atoms with E-state index >= 15 is 0 Å².